The summed E-state index contributed by atoms with van der Waals surface area (Å²) in [6.07, 6.45) is -4.81. The molecule has 1 aromatic rings. The first-order valence-electron chi connectivity index (χ1n) is 5.63. The first-order valence-corrected chi connectivity index (χ1v) is 5.63. The van der Waals surface area contributed by atoms with E-state index in [1.807, 2.05) is 0 Å². The molecule has 2 rings (SSSR count). The lowest BCUT2D eigenvalue weighted by atomic mass is 10.1. The van der Waals surface area contributed by atoms with Crippen molar-refractivity contribution in [1.82, 2.24) is 4.90 Å². The zero-order valence-corrected chi connectivity index (χ0v) is 9.84. The fourth-order valence-corrected chi connectivity index (χ4v) is 1.82. The van der Waals surface area contributed by atoms with Crippen molar-refractivity contribution in [2.45, 2.75) is 6.18 Å². The highest BCUT2D eigenvalue weighted by atomic mass is 19.4. The van der Waals surface area contributed by atoms with E-state index < -0.39 is 23.5 Å². The molecule has 1 amide bonds. The molecule has 0 radical (unpaired) electrons. The fourth-order valence-electron chi connectivity index (χ4n) is 1.82. The fraction of sp³-hybridized carbons (Fsp3) is 0.417. The van der Waals surface area contributed by atoms with Gasteiger partial charge >= 0.3 is 6.18 Å². The van der Waals surface area contributed by atoms with Crippen molar-refractivity contribution < 1.29 is 27.1 Å². The topological polar surface area (TPSA) is 29.5 Å². The highest BCUT2D eigenvalue weighted by molar-refractivity contribution is 5.94. The third-order valence-corrected chi connectivity index (χ3v) is 2.82. The largest absolute Gasteiger partial charge is 0.419 e. The van der Waals surface area contributed by atoms with Gasteiger partial charge < -0.3 is 9.64 Å². The van der Waals surface area contributed by atoms with Crippen molar-refractivity contribution in [2.75, 3.05) is 26.3 Å². The molecule has 1 fully saturated rings. The van der Waals surface area contributed by atoms with Gasteiger partial charge in [0.15, 0.2) is 0 Å². The van der Waals surface area contributed by atoms with Crippen molar-refractivity contribution in [3.05, 3.63) is 35.1 Å². The number of carbonyl (C=O) groups excluding carboxylic acids is 1. The van der Waals surface area contributed by atoms with Crippen molar-refractivity contribution in [3.8, 4) is 0 Å². The number of rotatable bonds is 1. The monoisotopic (exact) mass is 277 g/mol. The minimum atomic E-state index is -4.81. The lowest BCUT2D eigenvalue weighted by Gasteiger charge is -2.27. The molecule has 0 atom stereocenters. The Bertz CT molecular complexity index is 481. The van der Waals surface area contributed by atoms with E-state index in [4.69, 9.17) is 4.74 Å². The maximum Gasteiger partial charge on any atom is 0.419 e. The maximum absolute atomic E-state index is 13.1. The number of benzene rings is 1. The number of ether oxygens (including phenoxy) is 1. The normalized spacial score (nSPS) is 16.5. The molecule has 1 saturated heterocycles. The van der Waals surface area contributed by atoms with Crippen LogP contribution < -0.4 is 0 Å². The van der Waals surface area contributed by atoms with Crippen LogP contribution in [0.1, 0.15) is 15.9 Å². The van der Waals surface area contributed by atoms with Gasteiger partial charge in [-0.1, -0.05) is 0 Å². The minimum absolute atomic E-state index is 0.171. The third kappa shape index (κ3) is 3.04. The Labute approximate surface area is 106 Å². The number of carbonyl (C=O) groups is 1. The summed E-state index contributed by atoms with van der Waals surface area (Å²) in [5.74, 6) is -1.93. The SMILES string of the molecule is O=C(c1ccc(F)c(C(F)(F)F)c1)N1CCOCC1. The highest BCUT2D eigenvalue weighted by Crippen LogP contribution is 2.32. The molecule has 0 N–H and O–H groups in total. The van der Waals surface area contributed by atoms with Crippen LogP contribution in [0.3, 0.4) is 0 Å². The van der Waals surface area contributed by atoms with Crippen molar-refractivity contribution in [3.63, 3.8) is 0 Å². The Morgan fingerprint density at radius 1 is 1.21 bits per heavy atom. The number of hydrogen-bond donors (Lipinski definition) is 0. The number of nitrogens with zero attached hydrogens (tertiary/aromatic N) is 1. The van der Waals surface area contributed by atoms with Crippen molar-refractivity contribution in [1.29, 1.82) is 0 Å². The van der Waals surface area contributed by atoms with Gasteiger partial charge in [-0.3, -0.25) is 4.79 Å². The number of hydrogen-bond acceptors (Lipinski definition) is 2. The van der Waals surface area contributed by atoms with Crippen molar-refractivity contribution >= 4 is 5.91 Å². The average Bonchev–Trinajstić information content (AvgIpc) is 2.38. The quantitative estimate of drug-likeness (QED) is 0.737. The zero-order chi connectivity index (χ0) is 14.0. The molecule has 19 heavy (non-hydrogen) atoms. The molecule has 0 spiro atoms. The summed E-state index contributed by atoms with van der Waals surface area (Å²) >= 11 is 0. The molecule has 7 heteroatoms. The predicted molar refractivity (Wildman–Crippen MR) is 58.1 cm³/mol. The first-order chi connectivity index (χ1) is 8.89. The van der Waals surface area contributed by atoms with Gasteiger partial charge in [-0.05, 0) is 18.2 Å². The predicted octanol–water partition coefficient (Wildman–Crippen LogP) is 2.32. The summed E-state index contributed by atoms with van der Waals surface area (Å²) in [6.45, 7) is 1.33. The molecule has 1 aromatic carbocycles. The zero-order valence-electron chi connectivity index (χ0n) is 9.84. The van der Waals surface area contributed by atoms with Gasteiger partial charge in [-0.25, -0.2) is 4.39 Å². The van der Waals surface area contributed by atoms with Gasteiger partial charge in [0.25, 0.3) is 5.91 Å². The second-order valence-electron chi connectivity index (χ2n) is 4.10. The molecule has 0 aromatic heterocycles. The van der Waals surface area contributed by atoms with Gasteiger partial charge in [0, 0.05) is 18.7 Å². The van der Waals surface area contributed by atoms with Gasteiger partial charge in [-0.15, -0.1) is 0 Å². The van der Waals surface area contributed by atoms with E-state index in [0.717, 1.165) is 6.07 Å². The van der Waals surface area contributed by atoms with E-state index in [1.54, 1.807) is 0 Å². The van der Waals surface area contributed by atoms with Crippen LogP contribution in [0.4, 0.5) is 17.6 Å². The molecular weight excluding hydrogens is 266 g/mol. The molecule has 0 saturated carbocycles. The standard InChI is InChI=1S/C12H11F4NO2/c13-10-2-1-8(7-9(10)12(14,15)16)11(18)17-3-5-19-6-4-17/h1-2,7H,3-6H2. The van der Waals surface area contributed by atoms with Gasteiger partial charge in [-0.2, -0.15) is 13.2 Å². The molecule has 0 bridgehead atoms. The summed E-state index contributed by atoms with van der Waals surface area (Å²) in [4.78, 5) is 13.4. The van der Waals surface area contributed by atoms with Crippen LogP contribution in [0.2, 0.25) is 0 Å². The molecule has 1 heterocycles. The Morgan fingerprint density at radius 2 is 1.84 bits per heavy atom. The van der Waals surface area contributed by atoms with E-state index in [9.17, 15) is 22.4 Å². The van der Waals surface area contributed by atoms with Gasteiger partial charge in [0.05, 0.1) is 18.8 Å². The Kier molecular flexibility index (Phi) is 3.75. The molecule has 0 unspecified atom stereocenters. The minimum Gasteiger partial charge on any atom is -0.378 e. The summed E-state index contributed by atoms with van der Waals surface area (Å²) in [7, 11) is 0. The summed E-state index contributed by atoms with van der Waals surface area (Å²) in [5.41, 5.74) is -1.60. The van der Waals surface area contributed by atoms with Crippen LogP contribution >= 0.6 is 0 Å². The van der Waals surface area contributed by atoms with Crippen LogP contribution in [0, 0.1) is 5.82 Å². The highest BCUT2D eigenvalue weighted by Gasteiger charge is 2.35. The molecule has 1 aliphatic heterocycles. The first kappa shape index (κ1) is 13.8. The number of morpholine rings is 1. The van der Waals surface area contributed by atoms with E-state index >= 15 is 0 Å². The second-order valence-corrected chi connectivity index (χ2v) is 4.10. The van der Waals surface area contributed by atoms with Crippen LogP contribution in [-0.2, 0) is 10.9 Å². The van der Waals surface area contributed by atoms with E-state index in [1.165, 1.54) is 4.90 Å². The third-order valence-electron chi connectivity index (χ3n) is 2.82. The van der Waals surface area contributed by atoms with Crippen LogP contribution in [-0.4, -0.2) is 37.1 Å². The van der Waals surface area contributed by atoms with E-state index in [2.05, 4.69) is 0 Å². The van der Waals surface area contributed by atoms with E-state index in [-0.39, 0.29) is 5.56 Å². The average molecular weight is 277 g/mol. The Balaban J connectivity index is 2.27. The van der Waals surface area contributed by atoms with Crippen LogP contribution in [0.15, 0.2) is 18.2 Å². The molecule has 1 aliphatic rings. The Morgan fingerprint density at radius 3 is 2.42 bits per heavy atom. The second kappa shape index (κ2) is 5.16. The lowest BCUT2D eigenvalue weighted by Crippen LogP contribution is -2.40. The number of amides is 1. The summed E-state index contributed by atoms with van der Waals surface area (Å²) in [6, 6.07) is 2.27. The molecule has 104 valence electrons. The molecular formula is C12H11F4NO2. The van der Waals surface area contributed by atoms with Gasteiger partial charge in [0.1, 0.15) is 5.82 Å². The van der Waals surface area contributed by atoms with E-state index in [0.29, 0.717) is 38.4 Å². The van der Waals surface area contributed by atoms with Crippen molar-refractivity contribution in [2.24, 2.45) is 0 Å². The maximum atomic E-state index is 13.1. The Hall–Kier alpha value is -1.63. The smallest absolute Gasteiger partial charge is 0.378 e. The molecule has 0 aliphatic carbocycles. The van der Waals surface area contributed by atoms with Gasteiger partial charge in [0.2, 0.25) is 0 Å². The van der Waals surface area contributed by atoms with Crippen LogP contribution in [0.25, 0.3) is 0 Å². The summed E-state index contributed by atoms with van der Waals surface area (Å²) in [5, 5.41) is 0. The lowest BCUT2D eigenvalue weighted by molar-refractivity contribution is -0.140. The molecule has 3 nitrogen and oxygen atoms in total. The number of alkyl halides is 3. The summed E-state index contributed by atoms with van der Waals surface area (Å²) < 4.78 is 55.8. The van der Waals surface area contributed by atoms with Crippen LogP contribution in [0.5, 0.6) is 0 Å². The number of halogens is 4.